The molecule has 0 amide bonds. The van der Waals surface area contributed by atoms with Crippen LogP contribution in [0.25, 0.3) is 0 Å². The second-order valence-corrected chi connectivity index (χ2v) is 2.77. The lowest BCUT2D eigenvalue weighted by Crippen LogP contribution is -2.06. The zero-order valence-electron chi connectivity index (χ0n) is 7.40. The van der Waals surface area contributed by atoms with Gasteiger partial charge in [0.05, 0.1) is 12.3 Å². The van der Waals surface area contributed by atoms with Crippen LogP contribution in [0.3, 0.4) is 0 Å². The van der Waals surface area contributed by atoms with Crippen LogP contribution in [0.5, 0.6) is 11.6 Å². The van der Waals surface area contributed by atoms with Crippen LogP contribution in [0.2, 0.25) is 0 Å². The Hall–Kier alpha value is -1.32. The Kier molecular flexibility index (Phi) is 2.47. The highest BCUT2D eigenvalue weighted by Gasteiger charge is 2.05. The fourth-order valence-corrected chi connectivity index (χ4v) is 0.784. The van der Waals surface area contributed by atoms with Crippen molar-refractivity contribution < 1.29 is 9.84 Å². The Morgan fingerprint density at radius 1 is 1.50 bits per heavy atom. The molecular formula is C8H12N2O2. The Morgan fingerprint density at radius 2 is 2.17 bits per heavy atom. The Bertz CT molecular complexity index is 274. The summed E-state index contributed by atoms with van der Waals surface area (Å²) in [6.07, 6.45) is 1.49. The Labute approximate surface area is 71.2 Å². The second-order valence-electron chi connectivity index (χ2n) is 2.77. The second kappa shape index (κ2) is 3.38. The standard InChI is InChI=1S/C8H12N2O2/c1-5(2)12-7-4-9-6(3)10-8(7)11/h4-5H,1-3H3,(H,9,10,11). The monoisotopic (exact) mass is 168 g/mol. The summed E-state index contributed by atoms with van der Waals surface area (Å²) in [5, 5.41) is 9.26. The highest BCUT2D eigenvalue weighted by molar-refractivity contribution is 5.29. The molecular weight excluding hydrogens is 156 g/mol. The molecule has 0 saturated heterocycles. The van der Waals surface area contributed by atoms with E-state index in [-0.39, 0.29) is 12.0 Å². The largest absolute Gasteiger partial charge is 0.491 e. The van der Waals surface area contributed by atoms with Crippen molar-refractivity contribution in [1.82, 2.24) is 9.97 Å². The molecule has 12 heavy (non-hydrogen) atoms. The molecule has 0 radical (unpaired) electrons. The van der Waals surface area contributed by atoms with E-state index in [1.54, 1.807) is 6.92 Å². The predicted octanol–water partition coefficient (Wildman–Crippen LogP) is 1.28. The van der Waals surface area contributed by atoms with Crippen LogP contribution in [-0.4, -0.2) is 21.2 Å². The van der Waals surface area contributed by atoms with Crippen molar-refractivity contribution in [2.45, 2.75) is 26.9 Å². The molecule has 0 saturated carbocycles. The average Bonchev–Trinajstić information content (AvgIpc) is 1.94. The summed E-state index contributed by atoms with van der Waals surface area (Å²) in [6.45, 7) is 5.46. The fraction of sp³-hybridized carbons (Fsp3) is 0.500. The third-order valence-electron chi connectivity index (χ3n) is 1.22. The molecule has 1 aromatic rings. The smallest absolute Gasteiger partial charge is 0.257 e. The molecule has 1 aromatic heterocycles. The molecule has 0 fully saturated rings. The highest BCUT2D eigenvalue weighted by atomic mass is 16.5. The summed E-state index contributed by atoms with van der Waals surface area (Å²) in [4.78, 5) is 7.64. The summed E-state index contributed by atoms with van der Waals surface area (Å²) in [5.41, 5.74) is 0. The van der Waals surface area contributed by atoms with Crippen LogP contribution < -0.4 is 4.74 Å². The van der Waals surface area contributed by atoms with Gasteiger partial charge >= 0.3 is 0 Å². The molecule has 66 valence electrons. The molecule has 0 bridgehead atoms. The van der Waals surface area contributed by atoms with E-state index < -0.39 is 0 Å². The van der Waals surface area contributed by atoms with Gasteiger partial charge in [-0.2, -0.15) is 4.98 Å². The molecule has 1 N–H and O–H groups in total. The van der Waals surface area contributed by atoms with Crippen molar-refractivity contribution >= 4 is 0 Å². The molecule has 0 aliphatic carbocycles. The lowest BCUT2D eigenvalue weighted by molar-refractivity contribution is 0.227. The van der Waals surface area contributed by atoms with E-state index in [0.29, 0.717) is 11.6 Å². The molecule has 4 heteroatoms. The minimum Gasteiger partial charge on any atom is -0.491 e. The summed E-state index contributed by atoms with van der Waals surface area (Å²) in [5.74, 6) is 0.760. The van der Waals surface area contributed by atoms with Crippen molar-refractivity contribution in [2.75, 3.05) is 0 Å². The van der Waals surface area contributed by atoms with Gasteiger partial charge in [0.2, 0.25) is 0 Å². The van der Waals surface area contributed by atoms with Crippen LogP contribution in [0, 0.1) is 6.92 Å². The number of hydrogen-bond acceptors (Lipinski definition) is 4. The topological polar surface area (TPSA) is 55.2 Å². The van der Waals surface area contributed by atoms with Gasteiger partial charge in [0.1, 0.15) is 5.82 Å². The third-order valence-corrected chi connectivity index (χ3v) is 1.22. The van der Waals surface area contributed by atoms with Gasteiger partial charge in [-0.25, -0.2) is 4.98 Å². The Balaban J connectivity index is 2.86. The first-order valence-corrected chi connectivity index (χ1v) is 3.79. The maximum Gasteiger partial charge on any atom is 0.257 e. The van der Waals surface area contributed by atoms with Gasteiger partial charge < -0.3 is 9.84 Å². The minimum absolute atomic E-state index is 0.0159. The van der Waals surface area contributed by atoms with E-state index in [1.165, 1.54) is 6.20 Å². The molecule has 0 unspecified atom stereocenters. The molecule has 0 atom stereocenters. The van der Waals surface area contributed by atoms with Gasteiger partial charge in [-0.3, -0.25) is 0 Å². The first kappa shape index (κ1) is 8.77. The first-order chi connectivity index (χ1) is 5.59. The molecule has 1 heterocycles. The van der Waals surface area contributed by atoms with E-state index >= 15 is 0 Å². The minimum atomic E-state index is -0.101. The normalized spacial score (nSPS) is 10.3. The molecule has 0 aliphatic rings. The quantitative estimate of drug-likeness (QED) is 0.722. The summed E-state index contributed by atoms with van der Waals surface area (Å²) in [6, 6.07) is 0. The van der Waals surface area contributed by atoms with Crippen molar-refractivity contribution in [3.8, 4) is 11.6 Å². The zero-order chi connectivity index (χ0) is 9.14. The predicted molar refractivity (Wildman–Crippen MR) is 44.2 cm³/mol. The number of aromatic nitrogens is 2. The number of rotatable bonds is 2. The lowest BCUT2D eigenvalue weighted by atomic mass is 10.4. The van der Waals surface area contributed by atoms with Gasteiger partial charge in [0, 0.05) is 0 Å². The number of aromatic hydroxyl groups is 1. The summed E-state index contributed by atoms with van der Waals surface area (Å²) < 4.78 is 5.22. The van der Waals surface area contributed by atoms with Gasteiger partial charge in [-0.1, -0.05) is 0 Å². The molecule has 4 nitrogen and oxygen atoms in total. The fourth-order valence-electron chi connectivity index (χ4n) is 0.784. The average molecular weight is 168 g/mol. The molecule has 0 aromatic carbocycles. The molecule has 1 rings (SSSR count). The van der Waals surface area contributed by atoms with E-state index in [4.69, 9.17) is 4.74 Å². The van der Waals surface area contributed by atoms with Crippen molar-refractivity contribution in [2.24, 2.45) is 0 Å². The third kappa shape index (κ3) is 2.08. The van der Waals surface area contributed by atoms with Gasteiger partial charge in [-0.05, 0) is 20.8 Å². The van der Waals surface area contributed by atoms with E-state index in [1.807, 2.05) is 13.8 Å². The lowest BCUT2D eigenvalue weighted by Gasteiger charge is -2.09. The number of aryl methyl sites for hydroxylation is 1. The maximum atomic E-state index is 9.26. The van der Waals surface area contributed by atoms with Gasteiger partial charge in [0.25, 0.3) is 5.88 Å². The van der Waals surface area contributed by atoms with Gasteiger partial charge in [-0.15, -0.1) is 0 Å². The van der Waals surface area contributed by atoms with Crippen molar-refractivity contribution in [3.63, 3.8) is 0 Å². The van der Waals surface area contributed by atoms with E-state index in [0.717, 1.165) is 0 Å². The summed E-state index contributed by atoms with van der Waals surface area (Å²) >= 11 is 0. The molecule has 0 spiro atoms. The first-order valence-electron chi connectivity index (χ1n) is 3.79. The van der Waals surface area contributed by atoms with Crippen molar-refractivity contribution in [3.05, 3.63) is 12.0 Å². The van der Waals surface area contributed by atoms with Crippen LogP contribution >= 0.6 is 0 Å². The number of nitrogens with zero attached hydrogens (tertiary/aromatic N) is 2. The van der Waals surface area contributed by atoms with E-state index in [2.05, 4.69) is 9.97 Å². The number of ether oxygens (including phenoxy) is 1. The highest BCUT2D eigenvalue weighted by Crippen LogP contribution is 2.22. The zero-order valence-corrected chi connectivity index (χ0v) is 7.40. The SMILES string of the molecule is Cc1ncc(OC(C)C)c(O)n1. The van der Waals surface area contributed by atoms with Crippen LogP contribution in [0.4, 0.5) is 0 Å². The van der Waals surface area contributed by atoms with E-state index in [9.17, 15) is 5.11 Å². The van der Waals surface area contributed by atoms with Crippen LogP contribution in [0.15, 0.2) is 6.20 Å². The Morgan fingerprint density at radius 3 is 2.67 bits per heavy atom. The molecule has 0 aliphatic heterocycles. The van der Waals surface area contributed by atoms with Crippen LogP contribution in [0.1, 0.15) is 19.7 Å². The number of hydrogen-bond donors (Lipinski definition) is 1. The van der Waals surface area contributed by atoms with Crippen molar-refractivity contribution in [1.29, 1.82) is 0 Å². The maximum absolute atomic E-state index is 9.26. The van der Waals surface area contributed by atoms with Crippen LogP contribution in [-0.2, 0) is 0 Å². The van der Waals surface area contributed by atoms with Gasteiger partial charge in [0.15, 0.2) is 5.75 Å². The summed E-state index contributed by atoms with van der Waals surface area (Å²) in [7, 11) is 0.